The third kappa shape index (κ3) is 4.11. The lowest BCUT2D eigenvalue weighted by atomic mass is 9.72. The van der Waals surface area contributed by atoms with Crippen LogP contribution in [0.2, 0.25) is 0 Å². The van der Waals surface area contributed by atoms with Crippen LogP contribution in [0.3, 0.4) is 0 Å². The zero-order valence-electron chi connectivity index (χ0n) is 16.8. The Labute approximate surface area is 165 Å². The Bertz CT molecular complexity index is 704. The fourth-order valence-corrected chi connectivity index (χ4v) is 3.90. The molecule has 1 aromatic carbocycles. The number of hydrogen-bond acceptors (Lipinski definition) is 6. The lowest BCUT2D eigenvalue weighted by Gasteiger charge is -2.34. The Morgan fingerprint density at radius 1 is 1.32 bits per heavy atom. The first-order valence-electron chi connectivity index (χ1n) is 9.86. The highest BCUT2D eigenvalue weighted by atomic mass is 16.5. The maximum atomic E-state index is 12.4. The van der Waals surface area contributed by atoms with Gasteiger partial charge in [-0.05, 0) is 43.4 Å². The second-order valence-corrected chi connectivity index (χ2v) is 8.32. The van der Waals surface area contributed by atoms with Gasteiger partial charge < -0.3 is 29.7 Å². The number of likely N-dealkylation sites (tertiary alicyclic amines) is 1. The normalized spacial score (nSPS) is 26.8. The summed E-state index contributed by atoms with van der Waals surface area (Å²) in [6.45, 7) is 4.35. The topological polar surface area (TPSA) is 99.5 Å². The van der Waals surface area contributed by atoms with Crippen molar-refractivity contribution in [2.45, 2.75) is 44.8 Å². The summed E-state index contributed by atoms with van der Waals surface area (Å²) >= 11 is 0. The fourth-order valence-electron chi connectivity index (χ4n) is 3.90. The smallest absolute Gasteiger partial charge is 0.253 e. The van der Waals surface area contributed by atoms with Gasteiger partial charge in [-0.3, -0.25) is 4.79 Å². The standard InChI is InChI=1S/C21H31NO6/c1-13(24)21(2)12-22(20(26)17(25)10-23)9-16(21)15-6-7-18(27-3)19(8-15)28-11-14-4-5-14/h6-8,13-14,16-17,23-25H,4-5,9-12H2,1-3H3/t13-,16+,17+,21+/m1/s1. The number of carbonyl (C=O) groups excluding carboxylic acids is 1. The summed E-state index contributed by atoms with van der Waals surface area (Å²) in [4.78, 5) is 13.9. The molecule has 28 heavy (non-hydrogen) atoms. The van der Waals surface area contributed by atoms with Gasteiger partial charge in [-0.25, -0.2) is 0 Å². The van der Waals surface area contributed by atoms with Crippen molar-refractivity contribution >= 4 is 5.91 Å². The SMILES string of the molecule is COc1ccc([C@@H]2CN(C(=O)[C@@H](O)CO)C[C@@]2(C)[C@@H](C)O)cc1OCC1CC1. The highest BCUT2D eigenvalue weighted by Crippen LogP contribution is 2.47. The zero-order valence-corrected chi connectivity index (χ0v) is 16.8. The number of rotatable bonds is 8. The van der Waals surface area contributed by atoms with E-state index in [1.165, 1.54) is 17.7 Å². The number of hydrogen-bond donors (Lipinski definition) is 3. The molecule has 1 aliphatic heterocycles. The molecule has 156 valence electrons. The van der Waals surface area contributed by atoms with Gasteiger partial charge in [0.1, 0.15) is 0 Å². The third-order valence-corrected chi connectivity index (χ3v) is 6.22. The molecular weight excluding hydrogens is 362 g/mol. The summed E-state index contributed by atoms with van der Waals surface area (Å²) in [5.41, 5.74) is 0.358. The molecule has 3 rings (SSSR count). The molecule has 0 bridgehead atoms. The fraction of sp³-hybridized carbons (Fsp3) is 0.667. The van der Waals surface area contributed by atoms with E-state index >= 15 is 0 Å². The molecule has 3 N–H and O–H groups in total. The molecule has 0 radical (unpaired) electrons. The summed E-state index contributed by atoms with van der Waals surface area (Å²) in [5.74, 6) is 1.27. The molecule has 0 spiro atoms. The molecule has 7 heteroatoms. The number of carbonyl (C=O) groups is 1. The van der Waals surface area contributed by atoms with Crippen LogP contribution in [-0.2, 0) is 4.79 Å². The quantitative estimate of drug-likeness (QED) is 0.613. The van der Waals surface area contributed by atoms with Gasteiger partial charge in [-0.2, -0.15) is 0 Å². The lowest BCUT2D eigenvalue weighted by Crippen LogP contribution is -2.42. The maximum Gasteiger partial charge on any atom is 0.253 e. The molecule has 1 saturated carbocycles. The van der Waals surface area contributed by atoms with E-state index in [0.717, 1.165) is 5.56 Å². The lowest BCUT2D eigenvalue weighted by molar-refractivity contribution is -0.141. The summed E-state index contributed by atoms with van der Waals surface area (Å²) in [6.07, 6.45) is 0.272. The molecule has 0 unspecified atom stereocenters. The molecule has 0 aromatic heterocycles. The second-order valence-electron chi connectivity index (χ2n) is 8.32. The van der Waals surface area contributed by atoms with Gasteiger partial charge >= 0.3 is 0 Å². The summed E-state index contributed by atoms with van der Waals surface area (Å²) in [7, 11) is 1.60. The third-order valence-electron chi connectivity index (χ3n) is 6.22. The van der Waals surface area contributed by atoms with Crippen molar-refractivity contribution in [3.8, 4) is 11.5 Å². The van der Waals surface area contributed by atoms with Gasteiger partial charge in [0.25, 0.3) is 5.91 Å². The van der Waals surface area contributed by atoms with Crippen molar-refractivity contribution < 1.29 is 29.6 Å². The molecule has 2 aliphatic rings. The summed E-state index contributed by atoms with van der Waals surface area (Å²) in [6, 6.07) is 5.72. The number of benzene rings is 1. The summed E-state index contributed by atoms with van der Waals surface area (Å²) in [5, 5.41) is 29.4. The van der Waals surface area contributed by atoms with E-state index in [0.29, 0.717) is 37.1 Å². The predicted octanol–water partition coefficient (Wildman–Crippen LogP) is 1.15. The Balaban J connectivity index is 1.88. The van der Waals surface area contributed by atoms with Gasteiger partial charge in [0.05, 0.1) is 26.4 Å². The van der Waals surface area contributed by atoms with E-state index in [-0.39, 0.29) is 5.92 Å². The number of methoxy groups -OCH3 is 1. The van der Waals surface area contributed by atoms with Gasteiger partial charge in [-0.1, -0.05) is 13.0 Å². The Kier molecular flexibility index (Phi) is 6.17. The van der Waals surface area contributed by atoms with E-state index in [9.17, 15) is 15.0 Å². The Morgan fingerprint density at radius 2 is 2.04 bits per heavy atom. The number of nitrogens with zero attached hydrogens (tertiary/aromatic N) is 1. The number of aliphatic hydroxyl groups is 3. The van der Waals surface area contributed by atoms with Crippen molar-refractivity contribution in [3.63, 3.8) is 0 Å². The molecule has 1 amide bonds. The van der Waals surface area contributed by atoms with E-state index in [1.54, 1.807) is 14.0 Å². The number of amides is 1. The largest absolute Gasteiger partial charge is 0.493 e. The van der Waals surface area contributed by atoms with Crippen LogP contribution in [0.4, 0.5) is 0 Å². The first-order valence-corrected chi connectivity index (χ1v) is 9.86. The van der Waals surface area contributed by atoms with Crippen LogP contribution in [0.25, 0.3) is 0 Å². The first-order chi connectivity index (χ1) is 13.3. The molecule has 1 aliphatic carbocycles. The first kappa shape index (κ1) is 20.9. The van der Waals surface area contributed by atoms with Crippen LogP contribution in [0.1, 0.15) is 38.2 Å². The molecule has 1 heterocycles. The molecule has 7 nitrogen and oxygen atoms in total. The van der Waals surface area contributed by atoms with Gasteiger partial charge in [0, 0.05) is 24.4 Å². The minimum Gasteiger partial charge on any atom is -0.493 e. The van der Waals surface area contributed by atoms with Crippen LogP contribution >= 0.6 is 0 Å². The van der Waals surface area contributed by atoms with E-state index < -0.39 is 30.1 Å². The molecule has 4 atom stereocenters. The van der Waals surface area contributed by atoms with Gasteiger partial charge in [0.15, 0.2) is 17.6 Å². The number of ether oxygens (including phenoxy) is 2. The van der Waals surface area contributed by atoms with Crippen molar-refractivity contribution in [1.82, 2.24) is 4.90 Å². The van der Waals surface area contributed by atoms with Crippen molar-refractivity contribution in [2.75, 3.05) is 33.4 Å². The van der Waals surface area contributed by atoms with Crippen molar-refractivity contribution in [3.05, 3.63) is 23.8 Å². The monoisotopic (exact) mass is 393 g/mol. The van der Waals surface area contributed by atoms with Crippen molar-refractivity contribution in [1.29, 1.82) is 0 Å². The van der Waals surface area contributed by atoms with Crippen LogP contribution in [0, 0.1) is 11.3 Å². The van der Waals surface area contributed by atoms with Crippen LogP contribution in [0.15, 0.2) is 18.2 Å². The highest BCUT2D eigenvalue weighted by Gasteiger charge is 2.49. The van der Waals surface area contributed by atoms with E-state index in [4.69, 9.17) is 14.6 Å². The molecule has 1 saturated heterocycles. The minimum absolute atomic E-state index is 0.142. The van der Waals surface area contributed by atoms with Gasteiger partial charge in [0.2, 0.25) is 0 Å². The van der Waals surface area contributed by atoms with Crippen molar-refractivity contribution in [2.24, 2.45) is 11.3 Å². The van der Waals surface area contributed by atoms with Crippen LogP contribution in [0.5, 0.6) is 11.5 Å². The number of aliphatic hydroxyl groups excluding tert-OH is 3. The van der Waals surface area contributed by atoms with Crippen LogP contribution in [-0.4, -0.2) is 71.7 Å². The predicted molar refractivity (Wildman–Crippen MR) is 103 cm³/mol. The van der Waals surface area contributed by atoms with E-state index in [2.05, 4.69) is 0 Å². The maximum absolute atomic E-state index is 12.4. The van der Waals surface area contributed by atoms with Crippen LogP contribution < -0.4 is 9.47 Å². The summed E-state index contributed by atoms with van der Waals surface area (Å²) < 4.78 is 11.4. The zero-order chi connectivity index (χ0) is 20.5. The van der Waals surface area contributed by atoms with E-state index in [1.807, 2.05) is 25.1 Å². The van der Waals surface area contributed by atoms with Gasteiger partial charge in [-0.15, -0.1) is 0 Å². The average molecular weight is 393 g/mol. The minimum atomic E-state index is -1.44. The molecule has 1 aromatic rings. The molecular formula is C21H31NO6. The Morgan fingerprint density at radius 3 is 2.61 bits per heavy atom. The second kappa shape index (κ2) is 8.27. The highest BCUT2D eigenvalue weighted by molar-refractivity contribution is 5.81. The average Bonchev–Trinajstić information content (AvgIpc) is 3.45. The molecule has 2 fully saturated rings. The Hall–Kier alpha value is -1.83.